The van der Waals surface area contributed by atoms with Gasteiger partial charge in [-0.25, -0.2) is 13.6 Å². The van der Waals surface area contributed by atoms with E-state index in [2.05, 4.69) is 0 Å². The average molecular weight is 279 g/mol. The van der Waals surface area contributed by atoms with Crippen LogP contribution in [0.25, 0.3) is 0 Å². The quantitative estimate of drug-likeness (QED) is 0.844. The number of halogens is 2. The van der Waals surface area contributed by atoms with E-state index in [9.17, 15) is 13.6 Å². The lowest BCUT2D eigenvalue weighted by atomic mass is 10.1. The summed E-state index contributed by atoms with van der Waals surface area (Å²) < 4.78 is 31.3. The highest BCUT2D eigenvalue weighted by atomic mass is 19.1. The van der Waals surface area contributed by atoms with Gasteiger partial charge in [-0.05, 0) is 29.8 Å². The summed E-state index contributed by atoms with van der Waals surface area (Å²) in [6.07, 6.45) is 0. The largest absolute Gasteiger partial charge is 0.488 e. The van der Waals surface area contributed by atoms with E-state index in [0.717, 1.165) is 18.2 Å². The Morgan fingerprint density at radius 1 is 1.20 bits per heavy atom. The van der Waals surface area contributed by atoms with E-state index in [0.29, 0.717) is 0 Å². The fourth-order valence-corrected chi connectivity index (χ4v) is 1.75. The molecule has 0 saturated carbocycles. The molecule has 0 spiro atoms. The lowest BCUT2D eigenvalue weighted by Crippen LogP contribution is -2.07. The third-order valence-corrected chi connectivity index (χ3v) is 2.59. The Kier molecular flexibility index (Phi) is 3.84. The Morgan fingerprint density at radius 3 is 2.45 bits per heavy atom. The molecule has 0 aliphatic rings. The lowest BCUT2D eigenvalue weighted by molar-refractivity contribution is 0.0693. The van der Waals surface area contributed by atoms with Crippen LogP contribution in [0.4, 0.5) is 14.5 Å². The lowest BCUT2D eigenvalue weighted by Gasteiger charge is -2.11. The molecule has 0 aromatic heterocycles. The number of anilines is 1. The number of nitrogen functional groups attached to an aromatic ring is 1. The number of hydrogen-bond donors (Lipinski definition) is 2. The third kappa shape index (κ3) is 3.03. The molecule has 0 amide bonds. The van der Waals surface area contributed by atoms with Crippen molar-refractivity contribution in [3.05, 3.63) is 59.2 Å². The zero-order valence-electron chi connectivity index (χ0n) is 10.3. The van der Waals surface area contributed by atoms with E-state index >= 15 is 0 Å². The molecule has 104 valence electrons. The molecule has 0 fully saturated rings. The van der Waals surface area contributed by atoms with Crippen molar-refractivity contribution >= 4 is 11.7 Å². The molecule has 20 heavy (non-hydrogen) atoms. The van der Waals surface area contributed by atoms with E-state index in [1.165, 1.54) is 18.2 Å². The number of carboxylic acid groups (broad SMARTS) is 1. The Morgan fingerprint density at radius 2 is 1.85 bits per heavy atom. The van der Waals surface area contributed by atoms with Crippen LogP contribution in [0.1, 0.15) is 15.9 Å². The smallest absolute Gasteiger partial charge is 0.341 e. The molecule has 0 bridgehead atoms. The van der Waals surface area contributed by atoms with Crippen LogP contribution in [0.5, 0.6) is 5.75 Å². The molecular weight excluding hydrogens is 268 g/mol. The van der Waals surface area contributed by atoms with Crippen molar-refractivity contribution in [3.8, 4) is 5.75 Å². The van der Waals surface area contributed by atoms with Gasteiger partial charge in [0.1, 0.15) is 29.6 Å². The highest BCUT2D eigenvalue weighted by Gasteiger charge is 2.15. The van der Waals surface area contributed by atoms with Gasteiger partial charge in [-0.3, -0.25) is 0 Å². The molecule has 0 heterocycles. The van der Waals surface area contributed by atoms with Crippen LogP contribution < -0.4 is 10.5 Å². The predicted octanol–water partition coefficient (Wildman–Crippen LogP) is 2.82. The normalized spacial score (nSPS) is 10.3. The van der Waals surface area contributed by atoms with Crippen molar-refractivity contribution < 1.29 is 23.4 Å². The molecular formula is C14H11F2NO3. The Balaban J connectivity index is 2.23. The minimum atomic E-state index is -1.23. The summed E-state index contributed by atoms with van der Waals surface area (Å²) in [6, 6.07) is 7.34. The van der Waals surface area contributed by atoms with Gasteiger partial charge in [0, 0.05) is 11.8 Å². The SMILES string of the molecule is Nc1cccc(OCc2cc(F)cc(F)c2)c1C(=O)O. The van der Waals surface area contributed by atoms with E-state index in [1.54, 1.807) is 0 Å². The molecule has 0 aliphatic carbocycles. The molecule has 0 aliphatic heterocycles. The molecule has 4 nitrogen and oxygen atoms in total. The van der Waals surface area contributed by atoms with E-state index in [4.69, 9.17) is 15.6 Å². The van der Waals surface area contributed by atoms with Crippen molar-refractivity contribution in [2.24, 2.45) is 0 Å². The van der Waals surface area contributed by atoms with Gasteiger partial charge in [0.05, 0.1) is 0 Å². The van der Waals surface area contributed by atoms with Crippen molar-refractivity contribution in [3.63, 3.8) is 0 Å². The molecule has 0 saturated heterocycles. The van der Waals surface area contributed by atoms with Gasteiger partial charge < -0.3 is 15.6 Å². The topological polar surface area (TPSA) is 72.5 Å². The molecule has 2 aromatic carbocycles. The average Bonchev–Trinajstić information content (AvgIpc) is 2.34. The van der Waals surface area contributed by atoms with Gasteiger partial charge >= 0.3 is 5.97 Å². The molecule has 0 atom stereocenters. The fraction of sp³-hybridized carbons (Fsp3) is 0.0714. The van der Waals surface area contributed by atoms with Crippen molar-refractivity contribution in [2.45, 2.75) is 6.61 Å². The second kappa shape index (κ2) is 5.56. The minimum absolute atomic E-state index is 0.0437. The first-order chi connectivity index (χ1) is 9.47. The standard InChI is InChI=1S/C14H11F2NO3/c15-9-4-8(5-10(16)6-9)7-20-12-3-1-2-11(17)13(12)14(18)19/h1-6H,7,17H2,(H,18,19). The van der Waals surface area contributed by atoms with Gasteiger partial charge in [-0.2, -0.15) is 0 Å². The molecule has 2 aromatic rings. The number of hydrogen-bond acceptors (Lipinski definition) is 3. The number of rotatable bonds is 4. The number of ether oxygens (including phenoxy) is 1. The van der Waals surface area contributed by atoms with Crippen LogP contribution in [-0.4, -0.2) is 11.1 Å². The molecule has 6 heteroatoms. The van der Waals surface area contributed by atoms with Gasteiger partial charge in [0.25, 0.3) is 0 Å². The highest BCUT2D eigenvalue weighted by Crippen LogP contribution is 2.25. The Hall–Kier alpha value is -2.63. The van der Waals surface area contributed by atoms with Crippen molar-refractivity contribution in [2.75, 3.05) is 5.73 Å². The second-order valence-electron chi connectivity index (χ2n) is 4.09. The maximum Gasteiger partial charge on any atom is 0.341 e. The van der Waals surface area contributed by atoms with Crippen LogP contribution in [0.2, 0.25) is 0 Å². The van der Waals surface area contributed by atoms with Crippen LogP contribution in [0.3, 0.4) is 0 Å². The Bertz CT molecular complexity index is 639. The first kappa shape index (κ1) is 13.8. The maximum atomic E-state index is 13.0. The number of carboxylic acids is 1. The summed E-state index contributed by atoms with van der Waals surface area (Å²) in [6.45, 7) is -0.168. The van der Waals surface area contributed by atoms with Crippen LogP contribution in [0, 0.1) is 11.6 Å². The number of nitrogens with two attached hydrogens (primary N) is 1. The number of benzene rings is 2. The van der Waals surface area contributed by atoms with E-state index in [-0.39, 0.29) is 29.2 Å². The Labute approximate surface area is 113 Å². The van der Waals surface area contributed by atoms with Crippen molar-refractivity contribution in [1.29, 1.82) is 0 Å². The summed E-state index contributed by atoms with van der Waals surface area (Å²) in [5.74, 6) is -2.64. The second-order valence-corrected chi connectivity index (χ2v) is 4.09. The molecule has 2 rings (SSSR count). The number of carbonyl (C=O) groups is 1. The summed E-state index contributed by atoms with van der Waals surface area (Å²) in [5, 5.41) is 9.05. The first-order valence-electron chi connectivity index (χ1n) is 5.67. The zero-order chi connectivity index (χ0) is 14.7. The fourth-order valence-electron chi connectivity index (χ4n) is 1.75. The monoisotopic (exact) mass is 279 g/mol. The van der Waals surface area contributed by atoms with Gasteiger partial charge in [-0.15, -0.1) is 0 Å². The predicted molar refractivity (Wildman–Crippen MR) is 68.5 cm³/mol. The highest BCUT2D eigenvalue weighted by molar-refractivity contribution is 5.96. The first-order valence-corrected chi connectivity index (χ1v) is 5.67. The summed E-state index contributed by atoms with van der Waals surface area (Å²) >= 11 is 0. The summed E-state index contributed by atoms with van der Waals surface area (Å²) in [7, 11) is 0. The summed E-state index contributed by atoms with van der Waals surface area (Å²) in [5.41, 5.74) is 5.69. The van der Waals surface area contributed by atoms with Crippen LogP contribution >= 0.6 is 0 Å². The van der Waals surface area contributed by atoms with Gasteiger partial charge in [-0.1, -0.05) is 6.07 Å². The maximum absolute atomic E-state index is 13.0. The molecule has 0 unspecified atom stereocenters. The van der Waals surface area contributed by atoms with E-state index < -0.39 is 17.6 Å². The van der Waals surface area contributed by atoms with Crippen LogP contribution in [-0.2, 0) is 6.61 Å². The minimum Gasteiger partial charge on any atom is -0.488 e. The zero-order valence-corrected chi connectivity index (χ0v) is 10.3. The van der Waals surface area contributed by atoms with Gasteiger partial charge in [0.15, 0.2) is 0 Å². The number of aromatic carboxylic acids is 1. The third-order valence-electron chi connectivity index (χ3n) is 2.59. The van der Waals surface area contributed by atoms with Gasteiger partial charge in [0.2, 0.25) is 0 Å². The van der Waals surface area contributed by atoms with Crippen LogP contribution in [0.15, 0.2) is 36.4 Å². The van der Waals surface area contributed by atoms with E-state index in [1.807, 2.05) is 0 Å². The summed E-state index contributed by atoms with van der Waals surface area (Å²) in [4.78, 5) is 11.1. The molecule has 0 radical (unpaired) electrons. The van der Waals surface area contributed by atoms with Crippen molar-refractivity contribution in [1.82, 2.24) is 0 Å². The molecule has 3 N–H and O–H groups in total.